The summed E-state index contributed by atoms with van der Waals surface area (Å²) in [4.78, 5) is 15.8. The van der Waals surface area contributed by atoms with Crippen molar-refractivity contribution in [2.75, 3.05) is 0 Å². The van der Waals surface area contributed by atoms with Gasteiger partial charge >= 0.3 is 5.97 Å². The lowest BCUT2D eigenvalue weighted by Crippen LogP contribution is -2.12. The Morgan fingerprint density at radius 3 is 2.58 bits per heavy atom. The number of imidazole rings is 1. The summed E-state index contributed by atoms with van der Waals surface area (Å²) < 4.78 is 7.86. The maximum atomic E-state index is 11.4. The fourth-order valence-electron chi connectivity index (χ4n) is 3.96. The Morgan fingerprint density at radius 2 is 1.88 bits per heavy atom. The van der Waals surface area contributed by atoms with Crippen LogP contribution < -0.4 is 4.74 Å². The van der Waals surface area contributed by atoms with Gasteiger partial charge in [0.25, 0.3) is 0 Å². The highest BCUT2D eigenvalue weighted by Gasteiger charge is 2.21. The zero-order valence-electron chi connectivity index (χ0n) is 18.5. The van der Waals surface area contributed by atoms with Crippen LogP contribution in [0.2, 0.25) is 5.02 Å². The lowest BCUT2D eigenvalue weighted by Gasteiger charge is -2.16. The van der Waals surface area contributed by atoms with Gasteiger partial charge in [0.05, 0.1) is 12.3 Å². The average molecular weight is 461 g/mol. The Balaban J connectivity index is 1.48. The number of aryl methyl sites for hydroxylation is 1. The van der Waals surface area contributed by atoms with Crippen LogP contribution >= 0.6 is 11.6 Å². The fraction of sp³-hybridized carbons (Fsp3) is 0.185. The number of hydrogen-bond acceptors (Lipinski definition) is 3. The lowest BCUT2D eigenvalue weighted by atomic mass is 9.94. The maximum absolute atomic E-state index is 11.4. The molecule has 0 saturated carbocycles. The van der Waals surface area contributed by atoms with Crippen LogP contribution in [0.4, 0.5) is 0 Å². The van der Waals surface area contributed by atoms with Crippen LogP contribution in [-0.4, -0.2) is 20.6 Å². The highest BCUT2D eigenvalue weighted by molar-refractivity contribution is 6.31. The number of aliphatic carboxylic acids is 1. The van der Waals surface area contributed by atoms with E-state index in [0.717, 1.165) is 44.4 Å². The molecule has 1 unspecified atom stereocenters. The molecule has 0 aliphatic carbocycles. The third-order valence-corrected chi connectivity index (χ3v) is 6.15. The quantitative estimate of drug-likeness (QED) is 0.338. The molecule has 3 aromatic carbocycles. The zero-order chi connectivity index (χ0) is 23.4. The van der Waals surface area contributed by atoms with E-state index < -0.39 is 5.97 Å². The summed E-state index contributed by atoms with van der Waals surface area (Å²) in [6, 6.07) is 21.7. The van der Waals surface area contributed by atoms with Gasteiger partial charge in [0.1, 0.15) is 18.2 Å². The van der Waals surface area contributed by atoms with Crippen LogP contribution in [0.15, 0.2) is 79.1 Å². The Labute approximate surface area is 198 Å². The van der Waals surface area contributed by atoms with Crippen LogP contribution in [-0.2, 0) is 18.4 Å². The summed E-state index contributed by atoms with van der Waals surface area (Å²) in [6.07, 6.45) is 3.47. The predicted molar refractivity (Wildman–Crippen MR) is 130 cm³/mol. The molecule has 1 atom stereocenters. The molecule has 0 spiro atoms. The van der Waals surface area contributed by atoms with E-state index in [1.807, 2.05) is 73.3 Å². The molecule has 0 fully saturated rings. The predicted octanol–water partition coefficient (Wildman–Crippen LogP) is 6.23. The van der Waals surface area contributed by atoms with Gasteiger partial charge in [0.2, 0.25) is 0 Å². The summed E-state index contributed by atoms with van der Waals surface area (Å²) in [7, 11) is 1.87. The SMILES string of the molecule is Cc1c(Cl)cccc1-c1cccc(COc2ccc(C(CC(=O)O)c3nccn3C)cc2)c1. The molecule has 5 nitrogen and oxygen atoms in total. The minimum atomic E-state index is -0.863. The van der Waals surface area contributed by atoms with E-state index in [9.17, 15) is 9.90 Å². The highest BCUT2D eigenvalue weighted by Crippen LogP contribution is 2.30. The normalized spacial score (nSPS) is 11.8. The lowest BCUT2D eigenvalue weighted by molar-refractivity contribution is -0.137. The first kappa shape index (κ1) is 22.6. The molecule has 6 heteroatoms. The van der Waals surface area contributed by atoms with Gasteiger partial charge in [-0.05, 0) is 59.0 Å². The Morgan fingerprint density at radius 1 is 1.12 bits per heavy atom. The molecule has 4 rings (SSSR count). The monoisotopic (exact) mass is 460 g/mol. The molecule has 168 valence electrons. The molecule has 0 amide bonds. The second-order valence-corrected chi connectivity index (χ2v) is 8.42. The van der Waals surface area contributed by atoms with Gasteiger partial charge in [-0.1, -0.05) is 54.1 Å². The minimum absolute atomic E-state index is 0.0270. The van der Waals surface area contributed by atoms with Crippen molar-refractivity contribution in [2.24, 2.45) is 7.05 Å². The fourth-order valence-corrected chi connectivity index (χ4v) is 4.13. The maximum Gasteiger partial charge on any atom is 0.304 e. The van der Waals surface area contributed by atoms with Gasteiger partial charge in [0, 0.05) is 24.5 Å². The molecule has 1 heterocycles. The van der Waals surface area contributed by atoms with E-state index in [-0.39, 0.29) is 12.3 Å². The first-order chi connectivity index (χ1) is 15.9. The number of carbonyl (C=O) groups is 1. The smallest absolute Gasteiger partial charge is 0.304 e. The van der Waals surface area contributed by atoms with E-state index in [2.05, 4.69) is 23.2 Å². The summed E-state index contributed by atoms with van der Waals surface area (Å²) in [6.45, 7) is 2.44. The molecule has 4 aromatic rings. The Kier molecular flexibility index (Phi) is 6.80. The Bertz CT molecular complexity index is 1260. The Hall–Kier alpha value is -3.57. The van der Waals surface area contributed by atoms with Gasteiger partial charge < -0.3 is 14.4 Å². The molecular weight excluding hydrogens is 436 g/mol. The third-order valence-electron chi connectivity index (χ3n) is 5.74. The number of benzene rings is 3. The molecular formula is C27H25ClN2O3. The average Bonchev–Trinajstić information content (AvgIpc) is 3.24. The van der Waals surface area contributed by atoms with Crippen LogP contribution in [0.1, 0.15) is 34.9 Å². The second-order valence-electron chi connectivity index (χ2n) is 8.02. The number of ether oxygens (including phenoxy) is 1. The van der Waals surface area contributed by atoms with Gasteiger partial charge in [-0.2, -0.15) is 0 Å². The van der Waals surface area contributed by atoms with Gasteiger partial charge in [-0.15, -0.1) is 0 Å². The van der Waals surface area contributed by atoms with E-state index >= 15 is 0 Å². The molecule has 1 aromatic heterocycles. The van der Waals surface area contributed by atoms with Crippen molar-refractivity contribution in [3.8, 4) is 16.9 Å². The summed E-state index contributed by atoms with van der Waals surface area (Å²) in [5.41, 5.74) is 5.19. The van der Waals surface area contributed by atoms with Gasteiger partial charge in [-0.25, -0.2) is 4.98 Å². The van der Waals surface area contributed by atoms with Gasteiger partial charge in [-0.3, -0.25) is 4.79 Å². The van der Waals surface area contributed by atoms with E-state index in [1.54, 1.807) is 6.20 Å². The molecule has 33 heavy (non-hydrogen) atoms. The number of hydrogen-bond donors (Lipinski definition) is 1. The zero-order valence-corrected chi connectivity index (χ0v) is 19.3. The van der Waals surface area contributed by atoms with Crippen molar-refractivity contribution in [3.63, 3.8) is 0 Å². The second kappa shape index (κ2) is 9.92. The minimum Gasteiger partial charge on any atom is -0.489 e. The van der Waals surface area contributed by atoms with E-state index in [0.29, 0.717) is 6.61 Å². The first-order valence-electron chi connectivity index (χ1n) is 10.7. The number of rotatable bonds is 8. The molecule has 0 radical (unpaired) electrons. The van der Waals surface area contributed by atoms with E-state index in [1.165, 1.54) is 0 Å². The summed E-state index contributed by atoms with van der Waals surface area (Å²) >= 11 is 6.29. The molecule has 0 bridgehead atoms. The van der Waals surface area contributed by atoms with Crippen LogP contribution in [0, 0.1) is 6.92 Å². The summed E-state index contributed by atoms with van der Waals surface area (Å²) in [5.74, 6) is 0.253. The number of carboxylic acid groups (broad SMARTS) is 1. The standard InChI is InChI=1S/C27H25ClN2O3/c1-18-23(7-4-8-25(18)28)21-6-3-5-19(15-21)17-33-22-11-9-20(10-12-22)24(16-26(31)32)27-29-13-14-30(27)2/h3-15,24H,16-17H2,1-2H3,(H,31,32). The van der Waals surface area contributed by atoms with Crippen molar-refractivity contribution in [1.29, 1.82) is 0 Å². The van der Waals surface area contributed by atoms with Crippen molar-refractivity contribution in [3.05, 3.63) is 107 Å². The molecule has 1 N–H and O–H groups in total. The molecule has 0 saturated heterocycles. The molecule has 0 aliphatic rings. The van der Waals surface area contributed by atoms with Crippen molar-refractivity contribution in [2.45, 2.75) is 25.9 Å². The van der Waals surface area contributed by atoms with Crippen LogP contribution in [0.5, 0.6) is 5.75 Å². The van der Waals surface area contributed by atoms with Crippen molar-refractivity contribution in [1.82, 2.24) is 9.55 Å². The highest BCUT2D eigenvalue weighted by atomic mass is 35.5. The number of carboxylic acids is 1. The molecule has 0 aliphatic heterocycles. The largest absolute Gasteiger partial charge is 0.489 e. The van der Waals surface area contributed by atoms with Crippen molar-refractivity contribution >= 4 is 17.6 Å². The number of nitrogens with zero attached hydrogens (tertiary/aromatic N) is 2. The van der Waals surface area contributed by atoms with Crippen molar-refractivity contribution < 1.29 is 14.6 Å². The summed E-state index contributed by atoms with van der Waals surface area (Å²) in [5, 5.41) is 10.1. The van der Waals surface area contributed by atoms with E-state index in [4.69, 9.17) is 16.3 Å². The number of aromatic nitrogens is 2. The van der Waals surface area contributed by atoms with Gasteiger partial charge in [0.15, 0.2) is 0 Å². The third kappa shape index (κ3) is 5.26. The number of halogens is 1. The first-order valence-corrected chi connectivity index (χ1v) is 11.1. The topological polar surface area (TPSA) is 64.3 Å². The van der Waals surface area contributed by atoms with Crippen LogP contribution in [0.3, 0.4) is 0 Å². The van der Waals surface area contributed by atoms with Crippen LogP contribution in [0.25, 0.3) is 11.1 Å².